The van der Waals surface area contributed by atoms with Gasteiger partial charge in [0, 0.05) is 18.1 Å². The summed E-state index contributed by atoms with van der Waals surface area (Å²) >= 11 is 0. The molecule has 0 aliphatic heterocycles. The van der Waals surface area contributed by atoms with Crippen LogP contribution in [0.5, 0.6) is 11.5 Å². The fraction of sp³-hybridized carbons (Fsp3) is 0.143. The van der Waals surface area contributed by atoms with Gasteiger partial charge in [-0.3, -0.25) is 4.79 Å². The number of para-hydroxylation sites is 2. The van der Waals surface area contributed by atoms with E-state index in [-0.39, 0.29) is 18.9 Å². The third-order valence-corrected chi connectivity index (χ3v) is 3.93. The number of benzene rings is 2. The summed E-state index contributed by atoms with van der Waals surface area (Å²) < 4.78 is 12.3. The summed E-state index contributed by atoms with van der Waals surface area (Å²) in [5.74, 6) is -0.0312. The van der Waals surface area contributed by atoms with Crippen molar-refractivity contribution in [3.05, 3.63) is 78.6 Å². The molecule has 1 aromatic heterocycles. The zero-order chi connectivity index (χ0) is 19.1. The van der Waals surface area contributed by atoms with E-state index in [0.29, 0.717) is 11.5 Å². The quantitative estimate of drug-likeness (QED) is 0.517. The van der Waals surface area contributed by atoms with Gasteiger partial charge in [-0.2, -0.15) is 0 Å². The van der Waals surface area contributed by atoms with Crippen LogP contribution in [0.3, 0.4) is 0 Å². The molecule has 0 aliphatic rings. The Hall–Kier alpha value is -3.54. The Bertz CT molecular complexity index is 902. The number of nitrogens with one attached hydrogen (secondary N) is 1. The normalized spacial score (nSPS) is 10.3. The van der Waals surface area contributed by atoms with E-state index >= 15 is 0 Å². The standard InChI is InChI=1S/C21H20N2O4/c1-26-18-6-2-3-7-19(18)27-21(25)15-22-20(24)14-16-8-10-17(11-9-16)23-12-4-5-13-23/h2-13H,14-15H2,1H3,(H,22,24). The smallest absolute Gasteiger partial charge is 0.330 e. The molecular formula is C21H20N2O4. The average molecular weight is 364 g/mol. The van der Waals surface area contributed by atoms with E-state index < -0.39 is 5.97 Å². The van der Waals surface area contributed by atoms with Gasteiger partial charge in [0.05, 0.1) is 13.5 Å². The van der Waals surface area contributed by atoms with Crippen molar-refractivity contribution >= 4 is 11.9 Å². The monoisotopic (exact) mass is 364 g/mol. The molecule has 138 valence electrons. The fourth-order valence-electron chi connectivity index (χ4n) is 2.57. The first-order valence-electron chi connectivity index (χ1n) is 8.48. The second kappa shape index (κ2) is 8.71. The van der Waals surface area contributed by atoms with Gasteiger partial charge in [0.15, 0.2) is 11.5 Å². The SMILES string of the molecule is COc1ccccc1OC(=O)CNC(=O)Cc1ccc(-n2cccc2)cc1. The molecule has 1 N–H and O–H groups in total. The van der Waals surface area contributed by atoms with Crippen LogP contribution in [-0.2, 0) is 16.0 Å². The van der Waals surface area contributed by atoms with E-state index in [1.807, 2.05) is 53.4 Å². The summed E-state index contributed by atoms with van der Waals surface area (Å²) in [6.45, 7) is -0.210. The largest absolute Gasteiger partial charge is 0.493 e. The molecule has 0 saturated heterocycles. The molecule has 2 aromatic carbocycles. The van der Waals surface area contributed by atoms with Gasteiger partial charge in [-0.1, -0.05) is 24.3 Å². The molecule has 3 aromatic rings. The minimum absolute atomic E-state index is 0.188. The van der Waals surface area contributed by atoms with E-state index in [1.54, 1.807) is 24.3 Å². The van der Waals surface area contributed by atoms with Crippen molar-refractivity contribution in [1.29, 1.82) is 0 Å². The number of esters is 1. The molecule has 6 nitrogen and oxygen atoms in total. The summed E-state index contributed by atoms with van der Waals surface area (Å²) in [6, 6.07) is 18.4. The molecule has 0 radical (unpaired) electrons. The Labute approximate surface area is 157 Å². The predicted octanol–water partition coefficient (Wildman–Crippen LogP) is 2.75. The number of methoxy groups -OCH3 is 1. The van der Waals surface area contributed by atoms with Crippen molar-refractivity contribution < 1.29 is 19.1 Å². The molecule has 1 heterocycles. The topological polar surface area (TPSA) is 69.6 Å². The van der Waals surface area contributed by atoms with E-state index in [2.05, 4.69) is 5.32 Å². The van der Waals surface area contributed by atoms with Crippen LogP contribution in [0, 0.1) is 0 Å². The highest BCUT2D eigenvalue weighted by Gasteiger charge is 2.11. The Morgan fingerprint density at radius 2 is 1.59 bits per heavy atom. The molecule has 6 heteroatoms. The van der Waals surface area contributed by atoms with E-state index in [1.165, 1.54) is 7.11 Å². The first-order valence-corrected chi connectivity index (χ1v) is 8.48. The molecule has 0 aliphatic carbocycles. The van der Waals surface area contributed by atoms with Crippen LogP contribution in [0.4, 0.5) is 0 Å². The van der Waals surface area contributed by atoms with Crippen LogP contribution in [0.2, 0.25) is 0 Å². The van der Waals surface area contributed by atoms with Crippen LogP contribution in [-0.4, -0.2) is 30.1 Å². The van der Waals surface area contributed by atoms with E-state index in [4.69, 9.17) is 9.47 Å². The van der Waals surface area contributed by atoms with Crippen molar-refractivity contribution in [3.8, 4) is 17.2 Å². The molecule has 0 unspecified atom stereocenters. The van der Waals surface area contributed by atoms with Crippen LogP contribution in [0.15, 0.2) is 73.1 Å². The highest BCUT2D eigenvalue weighted by molar-refractivity contribution is 5.84. The van der Waals surface area contributed by atoms with Gasteiger partial charge in [-0.15, -0.1) is 0 Å². The molecule has 1 amide bonds. The maximum absolute atomic E-state index is 12.1. The van der Waals surface area contributed by atoms with Crippen LogP contribution < -0.4 is 14.8 Å². The zero-order valence-electron chi connectivity index (χ0n) is 14.9. The number of carbonyl (C=O) groups excluding carboxylic acids is 2. The molecule has 0 fully saturated rings. The number of hydrogen-bond donors (Lipinski definition) is 1. The molecular weight excluding hydrogens is 344 g/mol. The maximum atomic E-state index is 12.1. The van der Waals surface area contributed by atoms with Gasteiger partial charge < -0.3 is 19.4 Å². The first kappa shape index (κ1) is 18.3. The first-order chi connectivity index (χ1) is 13.2. The van der Waals surface area contributed by atoms with Crippen LogP contribution >= 0.6 is 0 Å². The maximum Gasteiger partial charge on any atom is 0.330 e. The van der Waals surface area contributed by atoms with Crippen molar-refractivity contribution in [2.45, 2.75) is 6.42 Å². The summed E-state index contributed by atoms with van der Waals surface area (Å²) in [7, 11) is 1.50. The van der Waals surface area contributed by atoms with Gasteiger partial charge in [0.2, 0.25) is 5.91 Å². The molecule has 0 spiro atoms. The van der Waals surface area contributed by atoms with Gasteiger partial charge in [-0.25, -0.2) is 4.79 Å². The lowest BCUT2D eigenvalue weighted by Gasteiger charge is -2.09. The van der Waals surface area contributed by atoms with Gasteiger partial charge >= 0.3 is 5.97 Å². The number of aromatic nitrogens is 1. The number of amides is 1. The molecule has 27 heavy (non-hydrogen) atoms. The minimum Gasteiger partial charge on any atom is -0.493 e. The van der Waals surface area contributed by atoms with Crippen molar-refractivity contribution in [2.75, 3.05) is 13.7 Å². The zero-order valence-corrected chi connectivity index (χ0v) is 14.9. The fourth-order valence-corrected chi connectivity index (χ4v) is 2.57. The number of nitrogens with zero attached hydrogens (tertiary/aromatic N) is 1. The highest BCUT2D eigenvalue weighted by Crippen LogP contribution is 2.25. The third-order valence-electron chi connectivity index (χ3n) is 3.93. The third kappa shape index (κ3) is 4.98. The Morgan fingerprint density at radius 1 is 0.926 bits per heavy atom. The van der Waals surface area contributed by atoms with Gasteiger partial charge in [0.25, 0.3) is 0 Å². The second-order valence-corrected chi connectivity index (χ2v) is 5.84. The average Bonchev–Trinajstić information content (AvgIpc) is 3.22. The number of ether oxygens (including phenoxy) is 2. The van der Waals surface area contributed by atoms with Crippen LogP contribution in [0.25, 0.3) is 5.69 Å². The summed E-state index contributed by atoms with van der Waals surface area (Å²) in [5, 5.41) is 2.57. The molecule has 0 saturated carbocycles. The van der Waals surface area contributed by atoms with Crippen molar-refractivity contribution in [1.82, 2.24) is 9.88 Å². The van der Waals surface area contributed by atoms with E-state index in [9.17, 15) is 9.59 Å². The number of rotatable bonds is 7. The Morgan fingerprint density at radius 3 is 2.26 bits per heavy atom. The van der Waals surface area contributed by atoms with Crippen molar-refractivity contribution in [2.24, 2.45) is 0 Å². The second-order valence-electron chi connectivity index (χ2n) is 5.84. The molecule has 0 atom stereocenters. The highest BCUT2D eigenvalue weighted by atomic mass is 16.6. The van der Waals surface area contributed by atoms with Crippen molar-refractivity contribution in [3.63, 3.8) is 0 Å². The van der Waals surface area contributed by atoms with Gasteiger partial charge in [-0.05, 0) is 42.0 Å². The predicted molar refractivity (Wildman–Crippen MR) is 101 cm³/mol. The van der Waals surface area contributed by atoms with Crippen LogP contribution in [0.1, 0.15) is 5.56 Å². The Kier molecular flexibility index (Phi) is 5.89. The summed E-state index contributed by atoms with van der Waals surface area (Å²) in [4.78, 5) is 24.0. The van der Waals surface area contributed by atoms with Gasteiger partial charge in [0.1, 0.15) is 6.54 Å². The summed E-state index contributed by atoms with van der Waals surface area (Å²) in [5.41, 5.74) is 1.88. The summed E-state index contributed by atoms with van der Waals surface area (Å²) in [6.07, 6.45) is 4.10. The lowest BCUT2D eigenvalue weighted by Crippen LogP contribution is -2.32. The number of hydrogen-bond acceptors (Lipinski definition) is 4. The lowest BCUT2D eigenvalue weighted by molar-refractivity contribution is -0.135. The molecule has 3 rings (SSSR count). The minimum atomic E-state index is -0.559. The lowest BCUT2D eigenvalue weighted by atomic mass is 10.1. The Balaban J connectivity index is 1.48. The van der Waals surface area contributed by atoms with E-state index in [0.717, 1.165) is 11.3 Å². The number of carbonyl (C=O) groups is 2. The molecule has 0 bridgehead atoms.